The maximum atomic E-state index is 9.79. The zero-order valence-corrected chi connectivity index (χ0v) is 13.7. The van der Waals surface area contributed by atoms with Gasteiger partial charge in [0.05, 0.1) is 11.6 Å². The summed E-state index contributed by atoms with van der Waals surface area (Å²) in [6.45, 7) is 0. The zero-order valence-electron chi connectivity index (χ0n) is 13.7. The second kappa shape index (κ2) is 6.30. The summed E-state index contributed by atoms with van der Waals surface area (Å²) in [7, 11) is 0. The fourth-order valence-electron chi connectivity index (χ4n) is 3.49. The van der Waals surface area contributed by atoms with Gasteiger partial charge in [-0.1, -0.05) is 42.5 Å². The highest BCUT2D eigenvalue weighted by molar-refractivity contribution is 5.94. The summed E-state index contributed by atoms with van der Waals surface area (Å²) in [6.07, 6.45) is 3.99. The monoisotopic (exact) mass is 323 g/mol. The average molecular weight is 323 g/mol. The Hall–Kier alpha value is -3.31. The molecule has 120 valence electrons. The summed E-state index contributed by atoms with van der Waals surface area (Å²) in [5.41, 5.74) is 7.67. The van der Waals surface area contributed by atoms with Gasteiger partial charge in [-0.3, -0.25) is 0 Å². The molecule has 4 rings (SSSR count). The van der Waals surface area contributed by atoms with Crippen LogP contribution in [0.4, 0.5) is 0 Å². The predicted octanol–water partition coefficient (Wildman–Crippen LogP) is 4.95. The second-order valence-electron chi connectivity index (χ2n) is 6.29. The van der Waals surface area contributed by atoms with Gasteiger partial charge >= 0.3 is 0 Å². The molecule has 0 bridgehead atoms. The van der Waals surface area contributed by atoms with Crippen molar-refractivity contribution in [2.45, 2.75) is 12.8 Å². The smallest absolute Gasteiger partial charge is 0.116 e. The maximum absolute atomic E-state index is 9.79. The first-order valence-corrected chi connectivity index (χ1v) is 8.37. The second-order valence-corrected chi connectivity index (χ2v) is 6.29. The summed E-state index contributed by atoms with van der Waals surface area (Å²) < 4.78 is 0. The molecule has 1 aliphatic carbocycles. The van der Waals surface area contributed by atoms with Gasteiger partial charge in [0.2, 0.25) is 0 Å². The number of hydrogen-bond donors (Lipinski definition) is 1. The van der Waals surface area contributed by atoms with E-state index in [2.05, 4.69) is 36.4 Å². The van der Waals surface area contributed by atoms with Crippen molar-refractivity contribution in [2.24, 2.45) is 0 Å². The van der Waals surface area contributed by atoms with Gasteiger partial charge in [0, 0.05) is 0 Å². The molecular formula is C23H17NO. The quantitative estimate of drug-likeness (QED) is 0.688. The third kappa shape index (κ3) is 2.93. The number of nitriles is 1. The van der Waals surface area contributed by atoms with Crippen LogP contribution in [0, 0.1) is 11.3 Å². The number of nitrogens with zero attached hydrogens (tertiary/aromatic N) is 1. The highest BCUT2D eigenvalue weighted by Crippen LogP contribution is 2.35. The van der Waals surface area contributed by atoms with Crippen molar-refractivity contribution in [1.82, 2.24) is 0 Å². The van der Waals surface area contributed by atoms with Gasteiger partial charge in [-0.2, -0.15) is 5.26 Å². The van der Waals surface area contributed by atoms with E-state index in [9.17, 15) is 10.4 Å². The van der Waals surface area contributed by atoms with Crippen molar-refractivity contribution in [3.8, 4) is 11.8 Å². The van der Waals surface area contributed by atoms with Gasteiger partial charge < -0.3 is 5.11 Å². The first-order chi connectivity index (χ1) is 12.2. The van der Waals surface area contributed by atoms with Gasteiger partial charge in [0.1, 0.15) is 5.75 Å². The van der Waals surface area contributed by atoms with Crippen LogP contribution in [-0.2, 0) is 12.8 Å². The fourth-order valence-corrected chi connectivity index (χ4v) is 3.49. The molecule has 0 fully saturated rings. The van der Waals surface area contributed by atoms with Crippen LogP contribution in [0.3, 0.4) is 0 Å². The van der Waals surface area contributed by atoms with Crippen molar-refractivity contribution in [1.29, 1.82) is 5.26 Å². The molecule has 0 saturated carbocycles. The molecule has 2 nitrogen and oxygen atoms in total. The van der Waals surface area contributed by atoms with Crippen LogP contribution in [0.25, 0.3) is 11.6 Å². The van der Waals surface area contributed by atoms with E-state index in [1.165, 1.54) is 16.7 Å². The first-order valence-electron chi connectivity index (χ1n) is 8.37. The Balaban J connectivity index is 1.97. The van der Waals surface area contributed by atoms with Crippen molar-refractivity contribution in [3.05, 3.63) is 100 Å². The van der Waals surface area contributed by atoms with Crippen LogP contribution in [0.2, 0.25) is 0 Å². The number of hydrogen-bond acceptors (Lipinski definition) is 2. The minimum Gasteiger partial charge on any atom is -0.508 e. The van der Waals surface area contributed by atoms with Gasteiger partial charge in [-0.25, -0.2) is 0 Å². The van der Waals surface area contributed by atoms with Crippen molar-refractivity contribution in [2.75, 3.05) is 0 Å². The van der Waals surface area contributed by atoms with Gasteiger partial charge in [-0.15, -0.1) is 0 Å². The molecule has 25 heavy (non-hydrogen) atoms. The lowest BCUT2D eigenvalue weighted by Crippen LogP contribution is -1.93. The number of phenolic OH excluding ortho intramolecular Hbond substituents is 1. The van der Waals surface area contributed by atoms with E-state index in [1.807, 2.05) is 30.3 Å². The highest BCUT2D eigenvalue weighted by atomic mass is 16.3. The third-order valence-electron chi connectivity index (χ3n) is 4.68. The topological polar surface area (TPSA) is 44.0 Å². The predicted molar refractivity (Wildman–Crippen MR) is 100 cm³/mol. The van der Waals surface area contributed by atoms with Crippen LogP contribution < -0.4 is 0 Å². The van der Waals surface area contributed by atoms with E-state index in [1.54, 1.807) is 12.1 Å². The molecule has 0 spiro atoms. The van der Waals surface area contributed by atoms with Crippen LogP contribution in [-0.4, -0.2) is 5.11 Å². The van der Waals surface area contributed by atoms with Crippen molar-refractivity contribution < 1.29 is 5.11 Å². The summed E-state index contributed by atoms with van der Waals surface area (Å²) in [4.78, 5) is 0. The van der Waals surface area contributed by atoms with Crippen molar-refractivity contribution in [3.63, 3.8) is 0 Å². The lowest BCUT2D eigenvalue weighted by molar-refractivity contribution is 0.475. The normalized spacial score (nSPS) is 14.3. The number of fused-ring (bicyclic) bond motifs is 2. The molecule has 3 aromatic rings. The summed E-state index contributed by atoms with van der Waals surface area (Å²) in [6, 6.07) is 23.9. The first kappa shape index (κ1) is 15.2. The fraction of sp³-hybridized carbons (Fsp3) is 0.0870. The standard InChI is InChI=1S/C23H17NO/c24-15-17-8-11-22-19(12-17)10-9-18-5-1-2-7-21(18)23(22)14-16-4-3-6-20(25)13-16/h1-8,11-14,25H,9-10H2/b23-14+. The van der Waals surface area contributed by atoms with Crippen LogP contribution in [0.15, 0.2) is 66.7 Å². The molecule has 0 aromatic heterocycles. The third-order valence-corrected chi connectivity index (χ3v) is 4.68. The molecule has 3 aromatic carbocycles. The van der Waals surface area contributed by atoms with E-state index in [0.29, 0.717) is 5.56 Å². The molecule has 2 heteroatoms. The Morgan fingerprint density at radius 2 is 1.64 bits per heavy atom. The lowest BCUT2D eigenvalue weighted by Gasteiger charge is -2.12. The summed E-state index contributed by atoms with van der Waals surface area (Å²) in [5.74, 6) is 0.260. The number of phenols is 1. The molecule has 0 amide bonds. The van der Waals surface area contributed by atoms with E-state index in [0.717, 1.165) is 29.5 Å². The van der Waals surface area contributed by atoms with Crippen LogP contribution >= 0.6 is 0 Å². The Labute approximate surface area is 147 Å². The van der Waals surface area contributed by atoms with E-state index in [-0.39, 0.29) is 5.75 Å². The average Bonchev–Trinajstić information content (AvgIpc) is 2.79. The molecule has 0 saturated heterocycles. The molecule has 1 N–H and O–H groups in total. The molecule has 0 heterocycles. The van der Waals surface area contributed by atoms with E-state index >= 15 is 0 Å². The SMILES string of the molecule is N#Cc1ccc2c(c1)CCc1ccccc1/C2=C\c1cccc(O)c1. The molecule has 1 aliphatic rings. The Bertz CT molecular complexity index is 1020. The largest absolute Gasteiger partial charge is 0.508 e. The van der Waals surface area contributed by atoms with Crippen LogP contribution in [0.5, 0.6) is 5.75 Å². The van der Waals surface area contributed by atoms with E-state index < -0.39 is 0 Å². The molecular weight excluding hydrogens is 306 g/mol. The van der Waals surface area contributed by atoms with Crippen molar-refractivity contribution >= 4 is 11.6 Å². The lowest BCUT2D eigenvalue weighted by atomic mass is 9.91. The Morgan fingerprint density at radius 3 is 2.48 bits per heavy atom. The molecule has 0 radical (unpaired) electrons. The van der Waals surface area contributed by atoms with Gasteiger partial charge in [0.15, 0.2) is 0 Å². The van der Waals surface area contributed by atoms with E-state index in [4.69, 9.17) is 0 Å². The zero-order chi connectivity index (χ0) is 17.2. The maximum Gasteiger partial charge on any atom is 0.116 e. The summed E-state index contributed by atoms with van der Waals surface area (Å²) in [5, 5.41) is 19.0. The van der Waals surface area contributed by atoms with Gasteiger partial charge in [0.25, 0.3) is 0 Å². The molecule has 0 aliphatic heterocycles. The summed E-state index contributed by atoms with van der Waals surface area (Å²) >= 11 is 0. The minimum absolute atomic E-state index is 0.260. The number of benzene rings is 3. The number of rotatable bonds is 1. The Morgan fingerprint density at radius 1 is 0.840 bits per heavy atom. The minimum atomic E-state index is 0.260. The number of aryl methyl sites for hydroxylation is 2. The Kier molecular flexibility index (Phi) is 3.84. The molecule has 0 unspecified atom stereocenters. The molecule has 0 atom stereocenters. The number of aromatic hydroxyl groups is 1. The van der Waals surface area contributed by atoms with Gasteiger partial charge in [-0.05, 0) is 76.6 Å². The van der Waals surface area contributed by atoms with Crippen LogP contribution in [0.1, 0.15) is 33.4 Å². The highest BCUT2D eigenvalue weighted by Gasteiger charge is 2.18.